The summed E-state index contributed by atoms with van der Waals surface area (Å²) in [6.45, 7) is 0.0450. The summed E-state index contributed by atoms with van der Waals surface area (Å²) in [5.74, 6) is 0.742. The van der Waals surface area contributed by atoms with Crippen molar-refractivity contribution in [2.24, 2.45) is 0 Å². The van der Waals surface area contributed by atoms with Gasteiger partial charge >= 0.3 is 5.97 Å². The number of hydrogen-bond donors (Lipinski definition) is 1. The second-order valence-electron chi connectivity index (χ2n) is 5.56. The fraction of sp³-hybridized carbons (Fsp3) is 0.300. The largest absolute Gasteiger partial charge is 0.497 e. The van der Waals surface area contributed by atoms with Gasteiger partial charge in [0.1, 0.15) is 5.75 Å². The molecule has 0 aliphatic heterocycles. The van der Waals surface area contributed by atoms with Gasteiger partial charge in [0.15, 0.2) is 5.78 Å². The summed E-state index contributed by atoms with van der Waals surface area (Å²) in [7, 11) is 2.91. The first kappa shape index (κ1) is 20.0. The minimum atomic E-state index is -0.471. The van der Waals surface area contributed by atoms with Gasteiger partial charge in [0.05, 0.1) is 26.4 Å². The van der Waals surface area contributed by atoms with Gasteiger partial charge in [-0.25, -0.2) is 4.79 Å². The third-order valence-corrected chi connectivity index (χ3v) is 5.13. The highest BCUT2D eigenvalue weighted by Gasteiger charge is 2.19. The highest BCUT2D eigenvalue weighted by molar-refractivity contribution is 7.99. The molecule has 1 N–H and O–H groups in total. The number of carbonyl (C=O) groups is 2. The molecule has 0 fully saturated rings. The van der Waals surface area contributed by atoms with E-state index in [1.54, 1.807) is 31.4 Å². The number of thioether (sulfide) groups is 1. The summed E-state index contributed by atoms with van der Waals surface area (Å²) < 4.78 is 9.87. The lowest BCUT2D eigenvalue weighted by atomic mass is 10.0. The standard InChI is InChI=1S/C20H22O5S/c1-24-17-8-6-14(7-9-17)19(26-11-10-21)13-18(22)15-4-3-5-16(12-15)20(23)25-2/h3-9,12,19,21H,10-11,13H2,1-2H3. The Morgan fingerprint density at radius 3 is 2.38 bits per heavy atom. The summed E-state index contributed by atoms with van der Waals surface area (Å²) in [4.78, 5) is 24.4. The average Bonchev–Trinajstić information content (AvgIpc) is 2.70. The maximum absolute atomic E-state index is 12.7. The van der Waals surface area contributed by atoms with Crippen LogP contribution in [0.2, 0.25) is 0 Å². The fourth-order valence-corrected chi connectivity index (χ4v) is 3.52. The fourth-order valence-electron chi connectivity index (χ4n) is 2.51. The van der Waals surface area contributed by atoms with Crippen molar-refractivity contribution in [3.63, 3.8) is 0 Å². The van der Waals surface area contributed by atoms with Gasteiger partial charge in [0, 0.05) is 23.0 Å². The molecule has 6 heteroatoms. The Kier molecular flexibility index (Phi) is 7.69. The van der Waals surface area contributed by atoms with E-state index in [0.717, 1.165) is 11.3 Å². The monoisotopic (exact) mass is 374 g/mol. The van der Waals surface area contributed by atoms with Gasteiger partial charge in [-0.05, 0) is 29.8 Å². The molecule has 0 amide bonds. The first-order valence-corrected chi connectivity index (χ1v) is 9.22. The normalized spacial score (nSPS) is 11.7. The summed E-state index contributed by atoms with van der Waals surface area (Å²) >= 11 is 1.52. The van der Waals surface area contributed by atoms with Crippen LogP contribution < -0.4 is 4.74 Å². The third kappa shape index (κ3) is 5.34. The van der Waals surface area contributed by atoms with Crippen LogP contribution >= 0.6 is 11.8 Å². The average molecular weight is 374 g/mol. The van der Waals surface area contributed by atoms with Crippen molar-refractivity contribution in [3.8, 4) is 5.75 Å². The van der Waals surface area contributed by atoms with Crippen LogP contribution in [0.25, 0.3) is 0 Å². The van der Waals surface area contributed by atoms with Crippen molar-refractivity contribution in [2.45, 2.75) is 11.7 Å². The molecule has 0 radical (unpaired) electrons. The number of carbonyl (C=O) groups excluding carboxylic acids is 2. The minimum absolute atomic E-state index is 0.0450. The number of methoxy groups -OCH3 is 2. The van der Waals surface area contributed by atoms with E-state index in [1.165, 1.54) is 18.9 Å². The first-order valence-electron chi connectivity index (χ1n) is 8.17. The van der Waals surface area contributed by atoms with Crippen LogP contribution in [-0.2, 0) is 4.74 Å². The van der Waals surface area contributed by atoms with E-state index in [0.29, 0.717) is 16.9 Å². The smallest absolute Gasteiger partial charge is 0.337 e. The first-order chi connectivity index (χ1) is 12.6. The Bertz CT molecular complexity index is 742. The zero-order valence-electron chi connectivity index (χ0n) is 14.8. The number of ether oxygens (including phenoxy) is 2. The molecule has 2 aromatic rings. The molecule has 1 unspecified atom stereocenters. The number of hydrogen-bond acceptors (Lipinski definition) is 6. The summed E-state index contributed by atoms with van der Waals surface area (Å²) in [5.41, 5.74) is 1.81. The summed E-state index contributed by atoms with van der Waals surface area (Å²) in [6, 6.07) is 14.1. The molecule has 1 atom stereocenters. The van der Waals surface area contributed by atoms with Gasteiger partial charge in [-0.1, -0.05) is 24.3 Å². The molecule has 0 aliphatic rings. The van der Waals surface area contributed by atoms with Gasteiger partial charge in [-0.15, -0.1) is 0 Å². The van der Waals surface area contributed by atoms with E-state index in [9.17, 15) is 9.59 Å². The number of rotatable bonds is 9. The van der Waals surface area contributed by atoms with Crippen molar-refractivity contribution in [2.75, 3.05) is 26.6 Å². The maximum Gasteiger partial charge on any atom is 0.337 e. The number of benzene rings is 2. The quantitative estimate of drug-likeness (QED) is 0.535. The molecule has 0 aliphatic carbocycles. The Balaban J connectivity index is 2.18. The van der Waals surface area contributed by atoms with Crippen molar-refractivity contribution in [3.05, 3.63) is 65.2 Å². The Hall–Kier alpha value is -2.31. The van der Waals surface area contributed by atoms with Crippen LogP contribution in [0.15, 0.2) is 48.5 Å². The zero-order valence-corrected chi connectivity index (χ0v) is 15.6. The van der Waals surface area contributed by atoms with Crippen molar-refractivity contribution < 1.29 is 24.2 Å². The molecule has 26 heavy (non-hydrogen) atoms. The summed E-state index contributed by atoms with van der Waals surface area (Å²) in [5, 5.41) is 9.05. The molecule has 0 heterocycles. The SMILES string of the molecule is COC(=O)c1cccc(C(=O)CC(SCCO)c2ccc(OC)cc2)c1. The van der Waals surface area contributed by atoms with Crippen LogP contribution in [0.1, 0.15) is 38.0 Å². The van der Waals surface area contributed by atoms with E-state index in [4.69, 9.17) is 14.6 Å². The molecule has 5 nitrogen and oxygen atoms in total. The highest BCUT2D eigenvalue weighted by atomic mass is 32.2. The Morgan fingerprint density at radius 2 is 1.77 bits per heavy atom. The van der Waals surface area contributed by atoms with E-state index in [1.807, 2.05) is 24.3 Å². The molecular weight excluding hydrogens is 352 g/mol. The van der Waals surface area contributed by atoms with Gasteiger partial charge in [0.25, 0.3) is 0 Å². The molecule has 0 saturated carbocycles. The van der Waals surface area contributed by atoms with Crippen LogP contribution in [0.4, 0.5) is 0 Å². The second-order valence-corrected chi connectivity index (χ2v) is 6.87. The number of Topliss-reactive ketones (excluding diaryl/α,β-unsaturated/α-hetero) is 1. The number of aliphatic hydroxyl groups excluding tert-OH is 1. The van der Waals surface area contributed by atoms with Crippen molar-refractivity contribution >= 4 is 23.5 Å². The Labute approximate surface area is 157 Å². The lowest BCUT2D eigenvalue weighted by Gasteiger charge is -2.16. The van der Waals surface area contributed by atoms with Crippen molar-refractivity contribution in [1.82, 2.24) is 0 Å². The number of ketones is 1. The van der Waals surface area contributed by atoms with E-state index < -0.39 is 5.97 Å². The highest BCUT2D eigenvalue weighted by Crippen LogP contribution is 2.34. The van der Waals surface area contributed by atoms with Crippen LogP contribution in [-0.4, -0.2) is 43.4 Å². The predicted molar refractivity (Wildman–Crippen MR) is 102 cm³/mol. The Morgan fingerprint density at radius 1 is 1.08 bits per heavy atom. The molecule has 138 valence electrons. The molecule has 0 bridgehead atoms. The molecule has 0 aromatic heterocycles. The number of aliphatic hydroxyl groups is 1. The molecule has 0 spiro atoms. The van der Waals surface area contributed by atoms with Gasteiger partial charge in [0.2, 0.25) is 0 Å². The van der Waals surface area contributed by atoms with Gasteiger partial charge in [-0.2, -0.15) is 11.8 Å². The summed E-state index contributed by atoms with van der Waals surface area (Å²) in [6.07, 6.45) is 0.265. The molecule has 2 aromatic carbocycles. The minimum Gasteiger partial charge on any atom is -0.497 e. The molecule has 2 rings (SSSR count). The number of esters is 1. The van der Waals surface area contributed by atoms with E-state index in [2.05, 4.69) is 0 Å². The van der Waals surface area contributed by atoms with Gasteiger partial charge in [-0.3, -0.25) is 4.79 Å². The predicted octanol–water partition coefficient (Wildman–Crippen LogP) is 3.52. The van der Waals surface area contributed by atoms with Crippen LogP contribution in [0.5, 0.6) is 5.75 Å². The van der Waals surface area contributed by atoms with Crippen LogP contribution in [0.3, 0.4) is 0 Å². The third-order valence-electron chi connectivity index (χ3n) is 3.87. The lowest BCUT2D eigenvalue weighted by Crippen LogP contribution is -2.09. The van der Waals surface area contributed by atoms with E-state index in [-0.39, 0.29) is 24.1 Å². The maximum atomic E-state index is 12.7. The second kappa shape index (κ2) is 9.99. The van der Waals surface area contributed by atoms with Gasteiger partial charge < -0.3 is 14.6 Å². The van der Waals surface area contributed by atoms with E-state index >= 15 is 0 Å². The topological polar surface area (TPSA) is 72.8 Å². The van der Waals surface area contributed by atoms with Crippen molar-refractivity contribution in [1.29, 1.82) is 0 Å². The molecule has 0 saturated heterocycles. The zero-order chi connectivity index (χ0) is 18.9. The molecular formula is C20H22O5S. The van der Waals surface area contributed by atoms with Crippen LogP contribution in [0, 0.1) is 0 Å². The lowest BCUT2D eigenvalue weighted by molar-refractivity contribution is 0.0600.